The van der Waals surface area contributed by atoms with Crippen molar-refractivity contribution in [3.63, 3.8) is 0 Å². The number of nitrogens with one attached hydrogen (secondary N) is 1. The van der Waals surface area contributed by atoms with Crippen molar-refractivity contribution in [2.45, 2.75) is 0 Å². The van der Waals surface area contributed by atoms with Crippen LogP contribution in [0.25, 0.3) is 22.9 Å². The smallest absolute Gasteiger partial charge is 0.274 e. The van der Waals surface area contributed by atoms with Crippen molar-refractivity contribution in [2.24, 2.45) is 0 Å². The van der Waals surface area contributed by atoms with E-state index < -0.39 is 0 Å². The maximum atomic E-state index is 11.9. The zero-order chi connectivity index (χ0) is 13.9. The predicted octanol–water partition coefficient (Wildman–Crippen LogP) is 2.37. The maximum Gasteiger partial charge on any atom is 0.274 e. The normalized spacial score (nSPS) is 11.7. The largest absolute Gasteiger partial charge is 0.507 e. The summed E-state index contributed by atoms with van der Waals surface area (Å²) in [5.74, 6) is -0.00277. The van der Waals surface area contributed by atoms with E-state index in [-0.39, 0.29) is 17.0 Å². The quantitative estimate of drug-likeness (QED) is 0.697. The molecular formula is C15H11N3O2. The molecule has 3 aromatic rings. The number of aromatic nitrogens is 3. The number of hydrogen-bond donors (Lipinski definition) is 2. The summed E-state index contributed by atoms with van der Waals surface area (Å²) in [6, 6.07) is 10.7. The molecule has 0 saturated carbocycles. The molecule has 0 unspecified atom stereocenters. The van der Waals surface area contributed by atoms with Crippen LogP contribution in [0, 0.1) is 0 Å². The highest BCUT2D eigenvalue weighted by Crippen LogP contribution is 2.13. The number of rotatable bonds is 2. The zero-order valence-electron chi connectivity index (χ0n) is 10.4. The third-order valence-corrected chi connectivity index (χ3v) is 2.86. The van der Waals surface area contributed by atoms with Gasteiger partial charge in [-0.25, -0.2) is 4.98 Å². The Balaban J connectivity index is 2.11. The summed E-state index contributed by atoms with van der Waals surface area (Å²) < 4.78 is 0. The van der Waals surface area contributed by atoms with Gasteiger partial charge in [-0.05, 0) is 6.07 Å². The second kappa shape index (κ2) is 4.97. The summed E-state index contributed by atoms with van der Waals surface area (Å²) >= 11 is 0. The van der Waals surface area contributed by atoms with Crippen molar-refractivity contribution in [1.29, 1.82) is 0 Å². The summed E-state index contributed by atoms with van der Waals surface area (Å²) in [4.78, 5) is 22.7. The molecule has 0 bridgehead atoms. The number of nitrogens with zero attached hydrogens (tertiary/aromatic N) is 2. The highest BCUT2D eigenvalue weighted by Gasteiger charge is 2.05. The fourth-order valence-corrected chi connectivity index (χ4v) is 1.87. The first-order chi connectivity index (χ1) is 9.74. The first-order valence-corrected chi connectivity index (χ1v) is 6.04. The molecule has 0 spiro atoms. The van der Waals surface area contributed by atoms with Crippen LogP contribution in [-0.4, -0.2) is 20.1 Å². The van der Waals surface area contributed by atoms with E-state index in [0.29, 0.717) is 16.6 Å². The first-order valence-electron chi connectivity index (χ1n) is 6.04. The van der Waals surface area contributed by atoms with Gasteiger partial charge >= 0.3 is 0 Å². The number of aliphatic hydroxyl groups is 1. The number of aromatic amines is 1. The Bertz CT molecular complexity index is 838. The van der Waals surface area contributed by atoms with E-state index in [2.05, 4.69) is 15.0 Å². The van der Waals surface area contributed by atoms with Crippen molar-refractivity contribution in [2.75, 3.05) is 0 Å². The molecule has 0 fully saturated rings. The van der Waals surface area contributed by atoms with Crippen LogP contribution < -0.4 is 5.56 Å². The molecule has 1 aromatic carbocycles. The van der Waals surface area contributed by atoms with E-state index >= 15 is 0 Å². The van der Waals surface area contributed by atoms with Crippen LogP contribution in [0.1, 0.15) is 11.3 Å². The van der Waals surface area contributed by atoms with Crippen molar-refractivity contribution in [1.82, 2.24) is 15.0 Å². The van der Waals surface area contributed by atoms with Gasteiger partial charge in [0, 0.05) is 17.8 Å². The number of hydrogen-bond acceptors (Lipinski definition) is 4. The standard InChI is InChI=1S/C15H11N3O2/c19-14(10-4-2-1-3-5-10)8-12-15(20)18-13-9-16-7-6-11(13)17-12/h1-9,19H,(H,18,20)/b14-8-. The Kier molecular flexibility index (Phi) is 3.01. The minimum absolute atomic E-state index is 0.00277. The summed E-state index contributed by atoms with van der Waals surface area (Å²) in [6.07, 6.45) is 4.49. The lowest BCUT2D eigenvalue weighted by Crippen LogP contribution is -2.12. The fraction of sp³-hybridized carbons (Fsp3) is 0. The van der Waals surface area contributed by atoms with E-state index in [0.717, 1.165) is 0 Å². The second-order valence-corrected chi connectivity index (χ2v) is 4.24. The molecule has 0 atom stereocenters. The molecule has 5 heteroatoms. The molecule has 3 rings (SSSR count). The first kappa shape index (κ1) is 12.1. The van der Waals surface area contributed by atoms with Gasteiger partial charge in [-0.1, -0.05) is 30.3 Å². The van der Waals surface area contributed by atoms with E-state index in [9.17, 15) is 9.90 Å². The van der Waals surface area contributed by atoms with Gasteiger partial charge in [0.25, 0.3) is 5.56 Å². The van der Waals surface area contributed by atoms with E-state index in [1.54, 1.807) is 24.4 Å². The van der Waals surface area contributed by atoms with Crippen LogP contribution in [0.15, 0.2) is 53.6 Å². The van der Waals surface area contributed by atoms with Gasteiger partial charge in [0.2, 0.25) is 0 Å². The fourth-order valence-electron chi connectivity index (χ4n) is 1.87. The molecular weight excluding hydrogens is 254 g/mol. The Morgan fingerprint density at radius 3 is 2.80 bits per heavy atom. The second-order valence-electron chi connectivity index (χ2n) is 4.24. The Morgan fingerprint density at radius 2 is 2.00 bits per heavy atom. The van der Waals surface area contributed by atoms with E-state index in [1.807, 2.05) is 18.2 Å². The lowest BCUT2D eigenvalue weighted by atomic mass is 10.1. The number of H-pyrrole nitrogens is 1. The average Bonchev–Trinajstić information content (AvgIpc) is 2.49. The van der Waals surface area contributed by atoms with Crippen LogP contribution in [-0.2, 0) is 0 Å². The van der Waals surface area contributed by atoms with Crippen LogP contribution in [0.2, 0.25) is 0 Å². The molecule has 98 valence electrons. The maximum absolute atomic E-state index is 11.9. The summed E-state index contributed by atoms with van der Waals surface area (Å²) in [6.45, 7) is 0. The minimum Gasteiger partial charge on any atom is -0.507 e. The molecule has 2 heterocycles. The van der Waals surface area contributed by atoms with Gasteiger partial charge < -0.3 is 10.1 Å². The van der Waals surface area contributed by atoms with Gasteiger partial charge in [-0.15, -0.1) is 0 Å². The molecule has 0 aliphatic rings. The predicted molar refractivity (Wildman–Crippen MR) is 77.1 cm³/mol. The summed E-state index contributed by atoms with van der Waals surface area (Å²) in [5, 5.41) is 10.0. The molecule has 0 aliphatic heterocycles. The highest BCUT2D eigenvalue weighted by molar-refractivity contribution is 5.78. The lowest BCUT2D eigenvalue weighted by molar-refractivity contribution is 0.515. The minimum atomic E-state index is -0.368. The van der Waals surface area contributed by atoms with E-state index in [1.165, 1.54) is 12.3 Å². The number of aliphatic hydroxyl groups excluding tert-OH is 1. The van der Waals surface area contributed by atoms with Crippen LogP contribution >= 0.6 is 0 Å². The van der Waals surface area contributed by atoms with Crippen molar-refractivity contribution in [3.8, 4) is 0 Å². The molecule has 20 heavy (non-hydrogen) atoms. The van der Waals surface area contributed by atoms with Gasteiger partial charge in [0.15, 0.2) is 0 Å². The Hall–Kier alpha value is -2.95. The Morgan fingerprint density at radius 1 is 1.20 bits per heavy atom. The zero-order valence-corrected chi connectivity index (χ0v) is 10.4. The van der Waals surface area contributed by atoms with Crippen LogP contribution in [0.5, 0.6) is 0 Å². The third kappa shape index (κ3) is 2.29. The van der Waals surface area contributed by atoms with Gasteiger partial charge in [0.05, 0.1) is 17.2 Å². The Labute approximate surface area is 114 Å². The molecule has 2 N–H and O–H groups in total. The third-order valence-electron chi connectivity index (χ3n) is 2.86. The SMILES string of the molecule is O=c1[nH]c2cnccc2nc1/C=C(\O)c1ccccc1. The number of benzene rings is 1. The monoisotopic (exact) mass is 265 g/mol. The van der Waals surface area contributed by atoms with Crippen molar-refractivity contribution >= 4 is 22.9 Å². The molecule has 0 amide bonds. The molecule has 0 saturated heterocycles. The molecule has 0 aliphatic carbocycles. The van der Waals surface area contributed by atoms with Crippen molar-refractivity contribution < 1.29 is 5.11 Å². The molecule has 5 nitrogen and oxygen atoms in total. The topological polar surface area (TPSA) is 78.9 Å². The van der Waals surface area contributed by atoms with Gasteiger partial charge in [0.1, 0.15) is 11.5 Å². The van der Waals surface area contributed by atoms with Crippen LogP contribution in [0.4, 0.5) is 0 Å². The highest BCUT2D eigenvalue weighted by atomic mass is 16.3. The van der Waals surface area contributed by atoms with Crippen LogP contribution in [0.3, 0.4) is 0 Å². The summed E-state index contributed by atoms with van der Waals surface area (Å²) in [7, 11) is 0. The lowest BCUT2D eigenvalue weighted by Gasteiger charge is -2.01. The molecule has 0 radical (unpaired) electrons. The summed E-state index contributed by atoms with van der Waals surface area (Å²) in [5.41, 5.74) is 1.60. The molecule has 2 aromatic heterocycles. The van der Waals surface area contributed by atoms with E-state index in [4.69, 9.17) is 0 Å². The number of pyridine rings is 1. The average molecular weight is 265 g/mol. The van der Waals surface area contributed by atoms with Crippen molar-refractivity contribution in [3.05, 3.63) is 70.4 Å². The number of fused-ring (bicyclic) bond motifs is 1. The van der Waals surface area contributed by atoms with Gasteiger partial charge in [-0.3, -0.25) is 9.78 Å². The van der Waals surface area contributed by atoms with Gasteiger partial charge in [-0.2, -0.15) is 0 Å².